The van der Waals surface area contributed by atoms with Crippen LogP contribution < -0.4 is 5.32 Å². The average molecular weight is 496 g/mol. The molecule has 10 nitrogen and oxygen atoms in total. The number of thioether (sulfide) groups is 1. The van der Waals surface area contributed by atoms with Crippen LogP contribution >= 0.6 is 34.4 Å². The van der Waals surface area contributed by atoms with E-state index in [1.54, 1.807) is 0 Å². The lowest BCUT2D eigenvalue weighted by Crippen LogP contribution is -2.17. The molecule has 0 aliphatic heterocycles. The first-order valence-corrected chi connectivity index (χ1v) is 11.6. The zero-order valence-corrected chi connectivity index (χ0v) is 19.6. The summed E-state index contributed by atoms with van der Waals surface area (Å²) in [5.41, 5.74) is -0.0248. The number of rotatable bonds is 8. The van der Waals surface area contributed by atoms with Crippen molar-refractivity contribution < 1.29 is 33.4 Å². The first kappa shape index (κ1) is 23.6. The van der Waals surface area contributed by atoms with Gasteiger partial charge in [0, 0.05) is 10.9 Å². The molecule has 168 valence electrons. The second kappa shape index (κ2) is 10.5. The predicted octanol–water partition coefficient (Wildman–Crippen LogP) is 2.77. The van der Waals surface area contributed by atoms with Crippen molar-refractivity contribution in [3.05, 3.63) is 33.8 Å². The highest BCUT2D eigenvalue weighted by Gasteiger charge is 2.30. The van der Waals surface area contributed by atoms with Crippen molar-refractivity contribution in [2.75, 3.05) is 32.4 Å². The van der Waals surface area contributed by atoms with E-state index in [-0.39, 0.29) is 33.2 Å². The summed E-state index contributed by atoms with van der Waals surface area (Å²) in [6, 6.07) is 1.87. The second-order valence-corrected chi connectivity index (χ2v) is 8.88. The number of hydrogen-bond donors (Lipinski definition) is 1. The summed E-state index contributed by atoms with van der Waals surface area (Å²) in [6.07, 6.45) is 1.05. The van der Waals surface area contributed by atoms with Crippen LogP contribution in [0.2, 0.25) is 0 Å². The van der Waals surface area contributed by atoms with Gasteiger partial charge in [0.2, 0.25) is 5.91 Å². The molecule has 0 saturated carbocycles. The number of fused-ring (bicyclic) bond motifs is 1. The maximum Gasteiger partial charge on any atom is 0.348 e. The molecular weight excluding hydrogens is 478 g/mol. The van der Waals surface area contributed by atoms with E-state index in [4.69, 9.17) is 9.47 Å². The molecule has 0 atom stereocenters. The van der Waals surface area contributed by atoms with Crippen molar-refractivity contribution in [3.8, 4) is 0 Å². The molecule has 3 heterocycles. The molecule has 3 aromatic rings. The minimum absolute atomic E-state index is 0.00275. The van der Waals surface area contributed by atoms with Crippen molar-refractivity contribution in [1.29, 1.82) is 0 Å². The normalized spacial score (nSPS) is 10.6. The Morgan fingerprint density at radius 1 is 1.06 bits per heavy atom. The van der Waals surface area contributed by atoms with Crippen LogP contribution in [0.1, 0.15) is 25.6 Å². The number of nitrogens with zero attached hydrogens (tertiary/aromatic N) is 2. The topological polar surface area (TPSA) is 134 Å². The quantitative estimate of drug-likeness (QED) is 0.215. The monoisotopic (exact) mass is 495 g/mol. The summed E-state index contributed by atoms with van der Waals surface area (Å²) in [5.74, 6) is -2.69. The van der Waals surface area contributed by atoms with Crippen molar-refractivity contribution in [2.45, 2.75) is 11.4 Å². The van der Waals surface area contributed by atoms with Gasteiger partial charge in [0.05, 0.1) is 39.1 Å². The fraction of sp³-hybridized carbons (Fsp3) is 0.263. The number of carbonyl (C=O) groups excluding carboxylic acids is 4. The van der Waals surface area contributed by atoms with E-state index in [2.05, 4.69) is 20.0 Å². The number of ether oxygens (including phenoxy) is 3. The van der Waals surface area contributed by atoms with Gasteiger partial charge >= 0.3 is 17.9 Å². The number of thiophene rings is 2. The van der Waals surface area contributed by atoms with Crippen molar-refractivity contribution in [3.63, 3.8) is 0 Å². The molecular formula is C19H17N3O7S3. The number of methoxy groups -OCH3 is 3. The van der Waals surface area contributed by atoms with Crippen molar-refractivity contribution in [2.24, 2.45) is 0 Å². The number of nitrogens with one attached hydrogen (secondary N) is 1. The zero-order valence-electron chi connectivity index (χ0n) is 17.1. The number of anilines is 1. The van der Waals surface area contributed by atoms with Crippen molar-refractivity contribution in [1.82, 2.24) is 9.97 Å². The number of esters is 3. The third kappa shape index (κ3) is 5.06. The number of carbonyl (C=O) groups is 4. The average Bonchev–Trinajstić information content (AvgIpc) is 3.41. The largest absolute Gasteiger partial charge is 0.469 e. The molecule has 0 saturated heterocycles. The standard InChI is InChI=1S/C19H17N3O7S3/c1-27-12(24)6-10-13(18(25)28-2)17(32-14(10)19(26)29-3)22-11(23)7-31-16-9-4-5-30-15(9)20-8-21-16/h4-5,8H,6-7H2,1-3H3,(H,22,23). The van der Waals surface area contributed by atoms with Crippen LogP contribution in [0.5, 0.6) is 0 Å². The Morgan fingerprint density at radius 3 is 2.50 bits per heavy atom. The van der Waals surface area contributed by atoms with Crippen LogP contribution in [0.3, 0.4) is 0 Å². The van der Waals surface area contributed by atoms with Gasteiger partial charge in [-0.25, -0.2) is 19.6 Å². The van der Waals surface area contributed by atoms with Gasteiger partial charge in [0.25, 0.3) is 0 Å². The van der Waals surface area contributed by atoms with Crippen LogP contribution in [0.15, 0.2) is 22.8 Å². The van der Waals surface area contributed by atoms with Gasteiger partial charge in [-0.05, 0) is 11.4 Å². The van der Waals surface area contributed by atoms with E-state index in [9.17, 15) is 19.2 Å². The summed E-state index contributed by atoms with van der Waals surface area (Å²) in [4.78, 5) is 58.3. The Hall–Kier alpha value is -3.03. The first-order valence-electron chi connectivity index (χ1n) is 8.89. The molecule has 3 rings (SSSR count). The SMILES string of the molecule is COC(=O)Cc1c(C(=O)OC)sc(NC(=O)CSc2ncnc3sccc23)c1C(=O)OC. The summed E-state index contributed by atoms with van der Waals surface area (Å²) in [6.45, 7) is 0. The van der Waals surface area contributed by atoms with E-state index in [1.165, 1.54) is 43.6 Å². The van der Waals surface area contributed by atoms with Crippen LogP contribution in [-0.2, 0) is 30.2 Å². The molecule has 0 spiro atoms. The van der Waals surface area contributed by atoms with Gasteiger partial charge in [0.1, 0.15) is 26.1 Å². The van der Waals surface area contributed by atoms with Gasteiger partial charge < -0.3 is 19.5 Å². The van der Waals surface area contributed by atoms with Crippen LogP contribution in [0.4, 0.5) is 5.00 Å². The Bertz CT molecular complexity index is 1190. The van der Waals surface area contributed by atoms with Crippen LogP contribution in [-0.4, -0.2) is 60.9 Å². The predicted molar refractivity (Wildman–Crippen MR) is 119 cm³/mol. The van der Waals surface area contributed by atoms with Gasteiger partial charge in [0.15, 0.2) is 0 Å². The molecule has 0 radical (unpaired) electrons. The highest BCUT2D eigenvalue weighted by atomic mass is 32.2. The molecule has 3 aromatic heterocycles. The Kier molecular flexibility index (Phi) is 7.77. The second-order valence-electron chi connectivity index (χ2n) is 6.01. The summed E-state index contributed by atoms with van der Waals surface area (Å²) < 4.78 is 14.2. The van der Waals surface area contributed by atoms with E-state index < -0.39 is 23.8 Å². The molecule has 13 heteroatoms. The minimum Gasteiger partial charge on any atom is -0.469 e. The Labute approximate surface area is 194 Å². The Balaban J connectivity index is 1.87. The lowest BCUT2D eigenvalue weighted by atomic mass is 10.1. The van der Waals surface area contributed by atoms with Crippen LogP contribution in [0, 0.1) is 0 Å². The highest BCUT2D eigenvalue weighted by molar-refractivity contribution is 8.00. The molecule has 32 heavy (non-hydrogen) atoms. The molecule has 0 unspecified atom stereocenters. The number of amides is 1. The van der Waals surface area contributed by atoms with E-state index >= 15 is 0 Å². The van der Waals surface area contributed by atoms with E-state index in [1.807, 2.05) is 11.4 Å². The first-order chi connectivity index (χ1) is 15.4. The fourth-order valence-electron chi connectivity index (χ4n) is 2.69. The summed E-state index contributed by atoms with van der Waals surface area (Å²) in [5, 5.41) is 6.07. The lowest BCUT2D eigenvalue weighted by molar-refractivity contribution is -0.139. The molecule has 0 bridgehead atoms. The fourth-order valence-corrected chi connectivity index (χ4v) is 5.41. The Morgan fingerprint density at radius 2 is 1.81 bits per heavy atom. The number of hydrogen-bond acceptors (Lipinski definition) is 12. The maximum absolute atomic E-state index is 12.6. The van der Waals surface area contributed by atoms with Gasteiger partial charge in [-0.3, -0.25) is 9.59 Å². The third-order valence-corrected chi connectivity index (χ3v) is 7.09. The lowest BCUT2D eigenvalue weighted by Gasteiger charge is -2.07. The van der Waals surface area contributed by atoms with Gasteiger partial charge in [-0.15, -0.1) is 22.7 Å². The maximum atomic E-state index is 12.6. The van der Waals surface area contributed by atoms with Crippen molar-refractivity contribution >= 4 is 73.5 Å². The molecule has 0 aliphatic carbocycles. The molecule has 0 fully saturated rings. The van der Waals surface area contributed by atoms with E-state index in [0.29, 0.717) is 5.03 Å². The zero-order chi connectivity index (χ0) is 23.3. The van der Waals surface area contributed by atoms with Gasteiger partial charge in [-0.1, -0.05) is 11.8 Å². The smallest absolute Gasteiger partial charge is 0.348 e. The van der Waals surface area contributed by atoms with Crippen LogP contribution in [0.25, 0.3) is 10.2 Å². The van der Waals surface area contributed by atoms with Gasteiger partial charge in [-0.2, -0.15) is 0 Å². The molecule has 0 aromatic carbocycles. The number of aromatic nitrogens is 2. The minimum atomic E-state index is -0.811. The molecule has 1 amide bonds. The summed E-state index contributed by atoms with van der Waals surface area (Å²) >= 11 is 3.49. The summed E-state index contributed by atoms with van der Waals surface area (Å²) in [7, 11) is 3.51. The highest BCUT2D eigenvalue weighted by Crippen LogP contribution is 2.36. The molecule has 1 N–H and O–H groups in total. The third-order valence-electron chi connectivity index (χ3n) is 4.13. The molecule has 0 aliphatic rings. The van der Waals surface area contributed by atoms with E-state index in [0.717, 1.165) is 28.7 Å².